The van der Waals surface area contributed by atoms with E-state index in [0.29, 0.717) is 0 Å². The minimum absolute atomic E-state index is 0.177. The monoisotopic (exact) mass is 231 g/mol. The van der Waals surface area contributed by atoms with Crippen LogP contribution in [0.3, 0.4) is 0 Å². The minimum Gasteiger partial charge on any atom is -0.378 e. The van der Waals surface area contributed by atoms with Crippen molar-refractivity contribution in [1.29, 1.82) is 0 Å². The van der Waals surface area contributed by atoms with E-state index in [2.05, 4.69) is 62.2 Å². The second-order valence-corrected chi connectivity index (χ2v) is 5.60. The molecule has 0 amide bonds. The van der Waals surface area contributed by atoms with E-state index in [1.807, 2.05) is 0 Å². The standard InChI is InChI=1S/C14H21N3/c1-14(2,15)8-10-9-16-13-6-5-11(17(3)4)7-12(10)13/h5-7,9,16H,8,15H2,1-4H3. The molecule has 2 rings (SSSR count). The highest BCUT2D eigenvalue weighted by Gasteiger charge is 2.15. The Morgan fingerprint density at radius 2 is 2.00 bits per heavy atom. The van der Waals surface area contributed by atoms with Crippen LogP contribution >= 0.6 is 0 Å². The molecule has 1 heterocycles. The number of anilines is 1. The normalized spacial score (nSPS) is 12.1. The fourth-order valence-electron chi connectivity index (χ4n) is 2.08. The molecule has 0 saturated heterocycles. The van der Waals surface area contributed by atoms with Crippen LogP contribution < -0.4 is 10.6 Å². The molecule has 3 heteroatoms. The Bertz CT molecular complexity index is 518. The Hall–Kier alpha value is -1.48. The molecule has 0 saturated carbocycles. The average Bonchev–Trinajstić information content (AvgIpc) is 2.58. The summed E-state index contributed by atoms with van der Waals surface area (Å²) in [7, 11) is 4.11. The van der Waals surface area contributed by atoms with E-state index >= 15 is 0 Å². The van der Waals surface area contributed by atoms with Crippen LogP contribution in [0, 0.1) is 0 Å². The molecule has 0 aliphatic carbocycles. The maximum atomic E-state index is 6.09. The fourth-order valence-corrected chi connectivity index (χ4v) is 2.08. The Morgan fingerprint density at radius 3 is 2.59 bits per heavy atom. The minimum atomic E-state index is -0.177. The van der Waals surface area contributed by atoms with Crippen LogP contribution in [0.1, 0.15) is 19.4 Å². The van der Waals surface area contributed by atoms with E-state index in [-0.39, 0.29) is 5.54 Å². The van der Waals surface area contributed by atoms with E-state index in [9.17, 15) is 0 Å². The number of nitrogens with two attached hydrogens (primary N) is 1. The maximum Gasteiger partial charge on any atom is 0.0458 e. The molecule has 1 aromatic carbocycles. The zero-order chi connectivity index (χ0) is 12.6. The summed E-state index contributed by atoms with van der Waals surface area (Å²) in [5.74, 6) is 0. The molecule has 0 radical (unpaired) electrons. The molecule has 0 bridgehead atoms. The maximum absolute atomic E-state index is 6.09. The van der Waals surface area contributed by atoms with Gasteiger partial charge in [0.15, 0.2) is 0 Å². The summed E-state index contributed by atoms with van der Waals surface area (Å²) < 4.78 is 0. The zero-order valence-corrected chi connectivity index (χ0v) is 11.0. The highest BCUT2D eigenvalue weighted by atomic mass is 15.1. The first kappa shape index (κ1) is 12.0. The molecule has 0 aliphatic heterocycles. The number of aromatic amines is 1. The lowest BCUT2D eigenvalue weighted by molar-refractivity contribution is 0.518. The molecule has 0 atom stereocenters. The van der Waals surface area contributed by atoms with Crippen molar-refractivity contribution in [1.82, 2.24) is 4.98 Å². The summed E-state index contributed by atoms with van der Waals surface area (Å²) in [6, 6.07) is 6.46. The molecule has 2 aromatic rings. The van der Waals surface area contributed by atoms with Gasteiger partial charge in [-0.05, 0) is 44.0 Å². The van der Waals surface area contributed by atoms with Gasteiger partial charge in [0.05, 0.1) is 0 Å². The van der Waals surface area contributed by atoms with Crippen LogP contribution in [0.25, 0.3) is 10.9 Å². The van der Waals surface area contributed by atoms with Crippen LogP contribution in [0.2, 0.25) is 0 Å². The van der Waals surface area contributed by atoms with Gasteiger partial charge in [0, 0.05) is 42.4 Å². The van der Waals surface area contributed by atoms with E-state index in [1.54, 1.807) is 0 Å². The Kier molecular flexibility index (Phi) is 2.87. The third kappa shape index (κ3) is 2.61. The van der Waals surface area contributed by atoms with Crippen LogP contribution in [-0.2, 0) is 6.42 Å². The first-order valence-corrected chi connectivity index (χ1v) is 5.93. The molecule has 17 heavy (non-hydrogen) atoms. The lowest BCUT2D eigenvalue weighted by Gasteiger charge is -2.18. The lowest BCUT2D eigenvalue weighted by Crippen LogP contribution is -2.34. The molecule has 0 unspecified atom stereocenters. The molecule has 3 nitrogen and oxygen atoms in total. The van der Waals surface area contributed by atoms with Crippen molar-refractivity contribution in [3.63, 3.8) is 0 Å². The van der Waals surface area contributed by atoms with Gasteiger partial charge in [-0.15, -0.1) is 0 Å². The van der Waals surface area contributed by atoms with Crippen LogP contribution in [0.4, 0.5) is 5.69 Å². The van der Waals surface area contributed by atoms with Gasteiger partial charge in [0.1, 0.15) is 0 Å². The SMILES string of the molecule is CN(C)c1ccc2[nH]cc(CC(C)(C)N)c2c1. The predicted molar refractivity (Wildman–Crippen MR) is 74.6 cm³/mol. The molecule has 1 aromatic heterocycles. The van der Waals surface area contributed by atoms with Crippen molar-refractivity contribution in [2.75, 3.05) is 19.0 Å². The van der Waals surface area contributed by atoms with Crippen molar-refractivity contribution in [2.24, 2.45) is 5.73 Å². The van der Waals surface area contributed by atoms with Crippen molar-refractivity contribution in [3.05, 3.63) is 30.0 Å². The van der Waals surface area contributed by atoms with Crippen LogP contribution in [0.5, 0.6) is 0 Å². The summed E-state index contributed by atoms with van der Waals surface area (Å²) in [6.45, 7) is 4.11. The number of nitrogens with zero attached hydrogens (tertiary/aromatic N) is 1. The van der Waals surface area contributed by atoms with Gasteiger partial charge in [-0.2, -0.15) is 0 Å². The first-order valence-electron chi connectivity index (χ1n) is 5.93. The van der Waals surface area contributed by atoms with E-state index in [1.165, 1.54) is 22.2 Å². The van der Waals surface area contributed by atoms with E-state index in [4.69, 9.17) is 5.73 Å². The van der Waals surface area contributed by atoms with Gasteiger partial charge < -0.3 is 15.6 Å². The lowest BCUT2D eigenvalue weighted by atomic mass is 9.96. The number of benzene rings is 1. The summed E-state index contributed by atoms with van der Waals surface area (Å²) in [5.41, 5.74) is 9.59. The molecule has 0 spiro atoms. The zero-order valence-electron chi connectivity index (χ0n) is 11.0. The largest absolute Gasteiger partial charge is 0.378 e. The van der Waals surface area contributed by atoms with Crippen LogP contribution in [0.15, 0.2) is 24.4 Å². The summed E-state index contributed by atoms with van der Waals surface area (Å²) in [6.07, 6.45) is 2.95. The Labute approximate surface area is 103 Å². The average molecular weight is 231 g/mol. The Balaban J connectivity index is 2.47. The van der Waals surface area contributed by atoms with Gasteiger partial charge in [-0.3, -0.25) is 0 Å². The van der Waals surface area contributed by atoms with E-state index < -0.39 is 0 Å². The molecule has 3 N–H and O–H groups in total. The van der Waals surface area contributed by atoms with Crippen molar-refractivity contribution >= 4 is 16.6 Å². The summed E-state index contributed by atoms with van der Waals surface area (Å²) >= 11 is 0. The van der Waals surface area contributed by atoms with Crippen molar-refractivity contribution in [2.45, 2.75) is 25.8 Å². The molecular formula is C14H21N3. The summed E-state index contributed by atoms with van der Waals surface area (Å²) in [5, 5.41) is 1.27. The summed E-state index contributed by atoms with van der Waals surface area (Å²) in [4.78, 5) is 5.42. The number of hydrogen-bond acceptors (Lipinski definition) is 2. The topological polar surface area (TPSA) is 45.0 Å². The van der Waals surface area contributed by atoms with Gasteiger partial charge >= 0.3 is 0 Å². The predicted octanol–water partition coefficient (Wildman–Crippen LogP) is 2.51. The first-order chi connectivity index (χ1) is 7.87. The fraction of sp³-hybridized carbons (Fsp3) is 0.429. The number of nitrogens with one attached hydrogen (secondary N) is 1. The second-order valence-electron chi connectivity index (χ2n) is 5.60. The number of aromatic nitrogens is 1. The van der Waals surface area contributed by atoms with Crippen LogP contribution in [-0.4, -0.2) is 24.6 Å². The second kappa shape index (κ2) is 4.08. The molecule has 0 fully saturated rings. The third-order valence-electron chi connectivity index (χ3n) is 2.91. The number of H-pyrrole nitrogens is 1. The van der Waals surface area contributed by atoms with Gasteiger partial charge in [0.2, 0.25) is 0 Å². The molecule has 92 valence electrons. The van der Waals surface area contributed by atoms with Crippen molar-refractivity contribution < 1.29 is 0 Å². The quantitative estimate of drug-likeness (QED) is 0.852. The Morgan fingerprint density at radius 1 is 1.29 bits per heavy atom. The van der Waals surface area contributed by atoms with Gasteiger partial charge in [-0.25, -0.2) is 0 Å². The van der Waals surface area contributed by atoms with E-state index in [0.717, 1.165) is 6.42 Å². The highest BCUT2D eigenvalue weighted by molar-refractivity contribution is 5.86. The van der Waals surface area contributed by atoms with Crippen molar-refractivity contribution in [3.8, 4) is 0 Å². The number of rotatable bonds is 3. The molecule has 0 aliphatic rings. The molecular weight excluding hydrogens is 210 g/mol. The highest BCUT2D eigenvalue weighted by Crippen LogP contribution is 2.25. The number of fused-ring (bicyclic) bond motifs is 1. The smallest absolute Gasteiger partial charge is 0.0458 e. The number of hydrogen-bond donors (Lipinski definition) is 2. The third-order valence-corrected chi connectivity index (χ3v) is 2.91. The van der Waals surface area contributed by atoms with Gasteiger partial charge in [0.25, 0.3) is 0 Å². The van der Waals surface area contributed by atoms with Gasteiger partial charge in [-0.1, -0.05) is 0 Å².